The van der Waals surface area contributed by atoms with Gasteiger partial charge in [-0.15, -0.1) is 0 Å². The van der Waals surface area contributed by atoms with Crippen LogP contribution in [0.4, 0.5) is 4.79 Å². The van der Waals surface area contributed by atoms with Gasteiger partial charge >= 0.3 is 6.16 Å². The Hall–Kier alpha value is -3.45. The number of ether oxygens (including phenoxy) is 2. The summed E-state index contributed by atoms with van der Waals surface area (Å²) in [6, 6.07) is 11.6. The van der Waals surface area contributed by atoms with Crippen molar-refractivity contribution >= 4 is 28.0 Å². The molecule has 3 heterocycles. The normalized spacial score (nSPS) is 15.3. The molecule has 1 saturated heterocycles. The summed E-state index contributed by atoms with van der Waals surface area (Å²) in [6.45, 7) is 3.24. The Labute approximate surface area is 192 Å². The Kier molecular flexibility index (Phi) is 5.96. The SMILES string of the molecule is COc1ccc2[nH]cc(CCCN3CCC(c4c[nH]c5ccc(OC(=O)O)cc45)CC3)c2c1. The highest BCUT2D eigenvalue weighted by atomic mass is 16.7. The van der Waals surface area contributed by atoms with E-state index in [0.29, 0.717) is 11.7 Å². The van der Waals surface area contributed by atoms with Gasteiger partial charge in [0.05, 0.1) is 7.11 Å². The number of benzene rings is 2. The molecule has 0 aliphatic carbocycles. The molecule has 1 fully saturated rings. The molecule has 0 atom stereocenters. The Bertz CT molecular complexity index is 1270. The molecule has 0 unspecified atom stereocenters. The number of hydrogen-bond donors (Lipinski definition) is 3. The van der Waals surface area contributed by atoms with Crippen LogP contribution in [0.2, 0.25) is 0 Å². The average molecular weight is 448 g/mol. The van der Waals surface area contributed by atoms with Crippen LogP contribution in [0.3, 0.4) is 0 Å². The molecule has 172 valence electrons. The van der Waals surface area contributed by atoms with Gasteiger partial charge in [0.1, 0.15) is 11.5 Å². The van der Waals surface area contributed by atoms with Crippen molar-refractivity contribution in [2.24, 2.45) is 0 Å². The number of H-pyrrole nitrogens is 2. The second kappa shape index (κ2) is 9.19. The minimum atomic E-state index is -1.29. The van der Waals surface area contributed by atoms with Crippen molar-refractivity contribution in [3.05, 3.63) is 59.9 Å². The predicted octanol–water partition coefficient (Wildman–Crippen LogP) is 5.53. The van der Waals surface area contributed by atoms with Crippen LogP contribution < -0.4 is 9.47 Å². The van der Waals surface area contributed by atoms with E-state index in [9.17, 15) is 4.79 Å². The van der Waals surface area contributed by atoms with E-state index in [1.807, 2.05) is 18.2 Å². The average Bonchev–Trinajstić information content (AvgIpc) is 3.43. The Morgan fingerprint density at radius 3 is 2.48 bits per heavy atom. The number of likely N-dealkylation sites (tertiary alicyclic amines) is 1. The molecule has 7 heteroatoms. The number of nitrogens with zero attached hydrogens (tertiary/aromatic N) is 1. The molecule has 3 N–H and O–H groups in total. The van der Waals surface area contributed by atoms with Crippen LogP contribution in [0, 0.1) is 0 Å². The molecule has 2 aromatic heterocycles. The second-order valence-corrected chi connectivity index (χ2v) is 8.76. The van der Waals surface area contributed by atoms with Gasteiger partial charge in [-0.25, -0.2) is 4.79 Å². The molecule has 1 aliphatic rings. The van der Waals surface area contributed by atoms with Crippen molar-refractivity contribution in [1.29, 1.82) is 0 Å². The van der Waals surface area contributed by atoms with Gasteiger partial charge in [0.25, 0.3) is 0 Å². The Morgan fingerprint density at radius 1 is 1.03 bits per heavy atom. The molecule has 0 amide bonds. The van der Waals surface area contributed by atoms with Crippen molar-refractivity contribution in [1.82, 2.24) is 14.9 Å². The van der Waals surface area contributed by atoms with Crippen LogP contribution >= 0.6 is 0 Å². The highest BCUT2D eigenvalue weighted by Gasteiger charge is 2.23. The molecule has 2 aromatic carbocycles. The first-order valence-corrected chi connectivity index (χ1v) is 11.5. The zero-order valence-corrected chi connectivity index (χ0v) is 18.8. The van der Waals surface area contributed by atoms with Gasteiger partial charge < -0.3 is 29.4 Å². The monoisotopic (exact) mass is 447 g/mol. The maximum absolute atomic E-state index is 10.9. The zero-order valence-electron chi connectivity index (χ0n) is 18.8. The van der Waals surface area contributed by atoms with Gasteiger partial charge in [-0.2, -0.15) is 0 Å². The summed E-state index contributed by atoms with van der Waals surface area (Å²) in [7, 11) is 1.70. The Morgan fingerprint density at radius 2 is 1.73 bits per heavy atom. The standard InChI is InChI=1S/C26H29N3O4/c1-32-19-4-6-24-21(13-19)18(15-27-24)3-2-10-29-11-8-17(9-12-29)23-16-28-25-7-5-20(14-22(23)25)33-26(30)31/h4-7,13-17,27-28H,2-3,8-12H2,1H3,(H,30,31). The van der Waals surface area contributed by atoms with Gasteiger partial charge in [-0.1, -0.05) is 0 Å². The minimum absolute atomic E-state index is 0.364. The number of nitrogens with one attached hydrogen (secondary N) is 2. The topological polar surface area (TPSA) is 90.6 Å². The molecule has 0 saturated carbocycles. The lowest BCUT2D eigenvalue weighted by atomic mass is 9.89. The predicted molar refractivity (Wildman–Crippen MR) is 129 cm³/mol. The van der Waals surface area contributed by atoms with Crippen molar-refractivity contribution in [3.8, 4) is 11.5 Å². The van der Waals surface area contributed by atoms with Crippen LogP contribution in [0.1, 0.15) is 36.3 Å². The first-order valence-electron chi connectivity index (χ1n) is 11.5. The van der Waals surface area contributed by atoms with E-state index in [1.54, 1.807) is 13.2 Å². The van der Waals surface area contributed by atoms with Crippen LogP contribution in [0.5, 0.6) is 11.5 Å². The van der Waals surface area contributed by atoms with Crippen molar-refractivity contribution in [2.45, 2.75) is 31.6 Å². The fraction of sp³-hybridized carbons (Fsp3) is 0.346. The number of aryl methyl sites for hydroxylation is 1. The van der Waals surface area contributed by atoms with Gasteiger partial charge in [-0.05, 0) is 98.8 Å². The lowest BCUT2D eigenvalue weighted by Gasteiger charge is -2.32. The summed E-state index contributed by atoms with van der Waals surface area (Å²) in [4.78, 5) is 20.1. The number of hydrogen-bond acceptors (Lipinski definition) is 4. The second-order valence-electron chi connectivity index (χ2n) is 8.76. The van der Waals surface area contributed by atoms with Gasteiger partial charge in [0, 0.05) is 34.2 Å². The van der Waals surface area contributed by atoms with Crippen LogP contribution in [-0.4, -0.2) is 52.9 Å². The summed E-state index contributed by atoms with van der Waals surface area (Å²) in [6.07, 6.45) is 7.27. The zero-order chi connectivity index (χ0) is 22.8. The third-order valence-electron chi connectivity index (χ3n) is 6.81. The number of fused-ring (bicyclic) bond motifs is 2. The van der Waals surface area contributed by atoms with Gasteiger partial charge in [0.2, 0.25) is 0 Å². The highest BCUT2D eigenvalue weighted by Crippen LogP contribution is 2.35. The molecule has 33 heavy (non-hydrogen) atoms. The molecule has 5 rings (SSSR count). The Balaban J connectivity index is 1.17. The number of methoxy groups -OCH3 is 1. The summed E-state index contributed by atoms with van der Waals surface area (Å²) in [5.41, 5.74) is 4.77. The van der Waals surface area contributed by atoms with Crippen molar-refractivity contribution < 1.29 is 19.4 Å². The highest BCUT2D eigenvalue weighted by molar-refractivity contribution is 5.86. The van der Waals surface area contributed by atoms with E-state index in [1.165, 1.54) is 16.5 Å². The molecular formula is C26H29N3O4. The van der Waals surface area contributed by atoms with E-state index < -0.39 is 6.16 Å². The number of piperidine rings is 1. The fourth-order valence-corrected chi connectivity index (χ4v) is 5.08. The molecule has 1 aliphatic heterocycles. The van der Waals surface area contributed by atoms with Crippen LogP contribution in [0.25, 0.3) is 21.8 Å². The van der Waals surface area contributed by atoms with Crippen molar-refractivity contribution in [2.75, 3.05) is 26.7 Å². The third-order valence-corrected chi connectivity index (χ3v) is 6.81. The molecule has 0 radical (unpaired) electrons. The van der Waals surface area contributed by atoms with Crippen LogP contribution in [0.15, 0.2) is 48.8 Å². The van der Waals surface area contributed by atoms with E-state index >= 15 is 0 Å². The lowest BCUT2D eigenvalue weighted by Crippen LogP contribution is -2.33. The van der Waals surface area contributed by atoms with Gasteiger partial charge in [-0.3, -0.25) is 0 Å². The molecule has 7 nitrogen and oxygen atoms in total. The smallest absolute Gasteiger partial charge is 0.497 e. The molecule has 0 bridgehead atoms. The first kappa shape index (κ1) is 21.4. The maximum atomic E-state index is 10.9. The van der Waals surface area contributed by atoms with E-state index in [0.717, 1.165) is 67.5 Å². The minimum Gasteiger partial charge on any atom is -0.497 e. The third kappa shape index (κ3) is 4.54. The van der Waals surface area contributed by atoms with Crippen LogP contribution in [-0.2, 0) is 6.42 Å². The maximum Gasteiger partial charge on any atom is 0.511 e. The molecule has 0 spiro atoms. The first-order chi connectivity index (χ1) is 16.1. The lowest BCUT2D eigenvalue weighted by molar-refractivity contribution is 0.144. The molecule has 4 aromatic rings. The van der Waals surface area contributed by atoms with E-state index in [-0.39, 0.29) is 0 Å². The van der Waals surface area contributed by atoms with Crippen molar-refractivity contribution in [3.63, 3.8) is 0 Å². The number of carbonyl (C=O) groups is 1. The van der Waals surface area contributed by atoms with Gasteiger partial charge in [0.15, 0.2) is 0 Å². The number of aromatic nitrogens is 2. The van der Waals surface area contributed by atoms with E-state index in [2.05, 4.69) is 39.4 Å². The number of carboxylic acid groups (broad SMARTS) is 1. The summed E-state index contributed by atoms with van der Waals surface area (Å²) in [5, 5.41) is 11.2. The quantitative estimate of drug-likeness (QED) is 0.256. The summed E-state index contributed by atoms with van der Waals surface area (Å²) < 4.78 is 10.2. The van der Waals surface area contributed by atoms with E-state index in [4.69, 9.17) is 14.6 Å². The fourth-order valence-electron chi connectivity index (χ4n) is 5.08. The number of rotatable bonds is 7. The summed E-state index contributed by atoms with van der Waals surface area (Å²) >= 11 is 0. The largest absolute Gasteiger partial charge is 0.511 e. The number of aromatic amines is 2. The molecular weight excluding hydrogens is 418 g/mol. The summed E-state index contributed by atoms with van der Waals surface area (Å²) in [5.74, 6) is 1.73.